The first-order chi connectivity index (χ1) is 14.0. The molecule has 11 heteroatoms. The zero-order valence-corrected chi connectivity index (χ0v) is 16.0. The Morgan fingerprint density at radius 1 is 1.07 bits per heavy atom. The molecular weight excluding hydrogens is 423 g/mol. The van der Waals surface area contributed by atoms with E-state index in [1.54, 1.807) is 36.5 Å². The maximum absolute atomic E-state index is 13.6. The van der Waals surface area contributed by atoms with Crippen LogP contribution in [0.25, 0.3) is 16.9 Å². The van der Waals surface area contributed by atoms with Gasteiger partial charge in [-0.05, 0) is 40.3 Å². The fraction of sp³-hybridized carbons (Fsp3) is 0.0556. The maximum Gasteiger partial charge on any atom is 0.248 e. The van der Waals surface area contributed by atoms with E-state index < -0.39 is 11.8 Å². The van der Waals surface area contributed by atoms with Crippen molar-refractivity contribution in [1.29, 1.82) is 0 Å². The van der Waals surface area contributed by atoms with Crippen LogP contribution in [0.2, 0.25) is 10.0 Å². The van der Waals surface area contributed by atoms with Crippen LogP contribution >= 0.6 is 23.2 Å². The summed E-state index contributed by atoms with van der Waals surface area (Å²) in [6.45, 7) is 0.251. The summed E-state index contributed by atoms with van der Waals surface area (Å²) >= 11 is 12.3. The van der Waals surface area contributed by atoms with Crippen LogP contribution in [0.1, 0.15) is 5.56 Å². The average Bonchev–Trinajstić information content (AvgIpc) is 3.19. The quantitative estimate of drug-likeness (QED) is 0.472. The van der Waals surface area contributed by atoms with Crippen LogP contribution in [0.3, 0.4) is 0 Å². The van der Waals surface area contributed by atoms with Gasteiger partial charge in [-0.3, -0.25) is 4.98 Å². The Morgan fingerprint density at radius 3 is 2.76 bits per heavy atom. The monoisotopic (exact) mass is 433 g/mol. The molecule has 0 aliphatic rings. The summed E-state index contributed by atoms with van der Waals surface area (Å²) in [4.78, 5) is 7.67. The van der Waals surface area contributed by atoms with Crippen molar-refractivity contribution in [2.45, 2.75) is 6.54 Å². The van der Waals surface area contributed by atoms with E-state index in [9.17, 15) is 8.78 Å². The van der Waals surface area contributed by atoms with Crippen LogP contribution in [0.4, 0.5) is 14.7 Å². The smallest absolute Gasteiger partial charge is 0.248 e. The lowest BCUT2D eigenvalue weighted by molar-refractivity contribution is 0.480. The zero-order chi connectivity index (χ0) is 20.4. The lowest BCUT2D eigenvalue weighted by atomic mass is 10.1. The van der Waals surface area contributed by atoms with E-state index in [1.807, 2.05) is 0 Å². The first-order valence-electron chi connectivity index (χ1n) is 8.26. The summed E-state index contributed by atoms with van der Waals surface area (Å²) in [5.74, 6) is -1.90. The van der Waals surface area contributed by atoms with Crippen molar-refractivity contribution in [1.82, 2.24) is 30.2 Å². The van der Waals surface area contributed by atoms with Crippen molar-refractivity contribution in [2.24, 2.45) is 0 Å². The number of nitrogens with zero attached hydrogens (tertiary/aromatic N) is 6. The van der Waals surface area contributed by atoms with E-state index in [4.69, 9.17) is 23.2 Å². The van der Waals surface area contributed by atoms with Gasteiger partial charge in [-0.15, -0.1) is 0 Å². The van der Waals surface area contributed by atoms with Gasteiger partial charge in [-0.2, -0.15) is 9.07 Å². The first-order valence-corrected chi connectivity index (χ1v) is 9.02. The number of tetrazole rings is 1. The molecule has 146 valence electrons. The van der Waals surface area contributed by atoms with Crippen LogP contribution in [0, 0.1) is 11.8 Å². The molecule has 1 aromatic carbocycles. The van der Waals surface area contributed by atoms with Gasteiger partial charge >= 0.3 is 0 Å². The third kappa shape index (κ3) is 3.87. The zero-order valence-electron chi connectivity index (χ0n) is 14.5. The standard InChI is InChI=1S/C18H11Cl2F2N7/c19-12-4-1-5-14(15(12)20)29-18(26-27-28-29)25-8-10-3-2-6-23-16(10)11-7-13(21)17(22)24-9-11/h1-7,9H,8H2,(H,25,26,28). The van der Waals surface area contributed by atoms with Gasteiger partial charge in [0.15, 0.2) is 5.82 Å². The van der Waals surface area contributed by atoms with Gasteiger partial charge < -0.3 is 5.32 Å². The molecular formula is C18H11Cl2F2N7. The van der Waals surface area contributed by atoms with E-state index in [1.165, 1.54) is 10.9 Å². The summed E-state index contributed by atoms with van der Waals surface area (Å²) in [5, 5.41) is 15.3. The third-order valence-corrected chi connectivity index (χ3v) is 4.84. The molecule has 0 bridgehead atoms. The molecule has 4 rings (SSSR count). The average molecular weight is 434 g/mol. The molecule has 1 N–H and O–H groups in total. The maximum atomic E-state index is 13.6. The molecule has 7 nitrogen and oxygen atoms in total. The molecule has 0 atom stereocenters. The molecule has 0 spiro atoms. The molecule has 29 heavy (non-hydrogen) atoms. The van der Waals surface area contributed by atoms with Crippen molar-refractivity contribution < 1.29 is 8.78 Å². The molecule has 0 saturated carbocycles. The second-order valence-corrected chi connectivity index (χ2v) is 6.63. The molecule has 0 fully saturated rings. The highest BCUT2D eigenvalue weighted by Crippen LogP contribution is 2.29. The first kappa shape index (κ1) is 19.2. The number of pyridine rings is 2. The largest absolute Gasteiger partial charge is 0.349 e. The molecule has 0 aliphatic heterocycles. The van der Waals surface area contributed by atoms with Gasteiger partial charge in [0.05, 0.1) is 21.4 Å². The predicted molar refractivity (Wildman–Crippen MR) is 104 cm³/mol. The van der Waals surface area contributed by atoms with E-state index in [0.29, 0.717) is 38.5 Å². The van der Waals surface area contributed by atoms with Crippen LogP contribution in [-0.4, -0.2) is 30.2 Å². The second kappa shape index (κ2) is 8.06. The molecule has 4 aromatic rings. The summed E-state index contributed by atoms with van der Waals surface area (Å²) in [6.07, 6.45) is 2.77. The lowest BCUT2D eigenvalue weighted by Crippen LogP contribution is -2.09. The highest BCUT2D eigenvalue weighted by Gasteiger charge is 2.15. The Morgan fingerprint density at radius 2 is 1.93 bits per heavy atom. The highest BCUT2D eigenvalue weighted by molar-refractivity contribution is 6.43. The van der Waals surface area contributed by atoms with E-state index >= 15 is 0 Å². The Kier molecular flexibility index (Phi) is 5.32. The van der Waals surface area contributed by atoms with Crippen molar-refractivity contribution in [3.63, 3.8) is 0 Å². The topological polar surface area (TPSA) is 81.4 Å². The van der Waals surface area contributed by atoms with Crippen LogP contribution in [0.15, 0.2) is 48.8 Å². The van der Waals surface area contributed by atoms with Crippen LogP contribution in [0.5, 0.6) is 0 Å². The van der Waals surface area contributed by atoms with Gasteiger partial charge in [0.2, 0.25) is 11.9 Å². The van der Waals surface area contributed by atoms with Gasteiger partial charge in [-0.1, -0.05) is 40.4 Å². The highest BCUT2D eigenvalue weighted by atomic mass is 35.5. The minimum atomic E-state index is -1.16. The molecule has 3 aromatic heterocycles. The summed E-state index contributed by atoms with van der Waals surface area (Å²) in [6, 6.07) is 9.66. The molecule has 0 unspecified atom stereocenters. The van der Waals surface area contributed by atoms with Crippen LogP contribution < -0.4 is 5.32 Å². The number of aromatic nitrogens is 6. The van der Waals surface area contributed by atoms with E-state index in [-0.39, 0.29) is 6.54 Å². The Hall–Kier alpha value is -3.17. The number of halogens is 4. The minimum absolute atomic E-state index is 0.251. The van der Waals surface area contributed by atoms with Crippen molar-refractivity contribution >= 4 is 29.2 Å². The summed E-state index contributed by atoms with van der Waals surface area (Å²) < 4.78 is 28.1. The number of benzene rings is 1. The fourth-order valence-electron chi connectivity index (χ4n) is 2.68. The number of hydrogen-bond acceptors (Lipinski definition) is 6. The SMILES string of the molecule is Fc1cc(-c2ncccc2CNc2nnnn2-c2cccc(Cl)c2Cl)cnc1F. The lowest BCUT2D eigenvalue weighted by Gasteiger charge is -2.11. The minimum Gasteiger partial charge on any atom is -0.349 e. The summed E-state index contributed by atoms with van der Waals surface area (Å²) in [5.41, 5.74) is 2.00. The Labute approximate surface area is 173 Å². The predicted octanol–water partition coefficient (Wildman–Crippen LogP) is 4.32. The van der Waals surface area contributed by atoms with Crippen molar-refractivity contribution in [3.8, 4) is 16.9 Å². The van der Waals surface area contributed by atoms with Gasteiger partial charge in [0.1, 0.15) is 0 Å². The molecule has 0 radical (unpaired) electrons. The van der Waals surface area contributed by atoms with Crippen LogP contribution in [-0.2, 0) is 6.54 Å². The van der Waals surface area contributed by atoms with Crippen molar-refractivity contribution in [3.05, 3.63) is 76.2 Å². The molecule has 0 amide bonds. The number of anilines is 1. The van der Waals surface area contributed by atoms with Gasteiger partial charge in [-0.25, -0.2) is 9.37 Å². The fourth-order valence-corrected chi connectivity index (χ4v) is 3.06. The van der Waals surface area contributed by atoms with E-state index in [0.717, 1.165) is 6.07 Å². The van der Waals surface area contributed by atoms with Gasteiger partial charge in [0.25, 0.3) is 0 Å². The molecule has 0 saturated heterocycles. The number of rotatable bonds is 5. The normalized spacial score (nSPS) is 10.9. The summed E-state index contributed by atoms with van der Waals surface area (Å²) in [7, 11) is 0. The second-order valence-electron chi connectivity index (χ2n) is 5.85. The Balaban J connectivity index is 1.63. The number of nitrogens with one attached hydrogen (secondary N) is 1. The molecule has 3 heterocycles. The Bertz CT molecular complexity index is 1180. The van der Waals surface area contributed by atoms with Gasteiger partial charge in [0, 0.05) is 24.5 Å². The third-order valence-electron chi connectivity index (χ3n) is 4.03. The van der Waals surface area contributed by atoms with Crippen molar-refractivity contribution in [2.75, 3.05) is 5.32 Å². The molecule has 0 aliphatic carbocycles. The number of hydrogen-bond donors (Lipinski definition) is 1. The van der Waals surface area contributed by atoms with E-state index in [2.05, 4.69) is 30.8 Å².